The van der Waals surface area contributed by atoms with Gasteiger partial charge in [-0.25, -0.2) is 4.79 Å². The van der Waals surface area contributed by atoms with Gasteiger partial charge in [-0.1, -0.05) is 48.5 Å². The first kappa shape index (κ1) is 25.2. The molecule has 2 aromatic carbocycles. The third-order valence-corrected chi connectivity index (χ3v) is 5.96. The van der Waals surface area contributed by atoms with E-state index in [0.29, 0.717) is 6.42 Å². The molecule has 0 spiro atoms. The lowest BCUT2D eigenvalue weighted by Crippen LogP contribution is -2.53. The number of methoxy groups -OCH3 is 1. The molecule has 8 nitrogen and oxygen atoms in total. The van der Waals surface area contributed by atoms with E-state index in [4.69, 9.17) is 14.6 Å². The van der Waals surface area contributed by atoms with Crippen molar-refractivity contribution in [2.24, 2.45) is 0 Å². The number of hydrogen-bond acceptors (Lipinski definition) is 5. The molecule has 182 valence electrons. The van der Waals surface area contributed by atoms with Crippen LogP contribution in [0.2, 0.25) is 0 Å². The van der Waals surface area contributed by atoms with Crippen LogP contribution in [0.15, 0.2) is 48.5 Å². The largest absolute Gasteiger partial charge is 0.481 e. The fourth-order valence-corrected chi connectivity index (χ4v) is 4.35. The SMILES string of the molecule is COC[C@H](NC(=O)OCC1c2ccccc2-c2ccccc21)C(=O)N(CCCC(=O)O)C(C)C. The predicted octanol–water partition coefficient (Wildman–Crippen LogP) is 3.64. The van der Waals surface area contributed by atoms with E-state index in [1.54, 1.807) is 4.90 Å². The lowest BCUT2D eigenvalue weighted by atomic mass is 9.98. The van der Waals surface area contributed by atoms with Crippen LogP contribution in [0.5, 0.6) is 0 Å². The van der Waals surface area contributed by atoms with Crippen molar-refractivity contribution in [1.82, 2.24) is 10.2 Å². The molecule has 1 aliphatic carbocycles. The number of benzene rings is 2. The maximum atomic E-state index is 13.1. The minimum Gasteiger partial charge on any atom is -0.481 e. The van der Waals surface area contributed by atoms with E-state index in [9.17, 15) is 14.4 Å². The van der Waals surface area contributed by atoms with Gasteiger partial charge in [0.25, 0.3) is 0 Å². The summed E-state index contributed by atoms with van der Waals surface area (Å²) in [6.07, 6.45) is -0.415. The second-order valence-corrected chi connectivity index (χ2v) is 8.60. The molecule has 0 radical (unpaired) electrons. The summed E-state index contributed by atoms with van der Waals surface area (Å²) in [5, 5.41) is 11.5. The number of aliphatic carboxylic acids is 1. The van der Waals surface area contributed by atoms with Crippen molar-refractivity contribution in [3.63, 3.8) is 0 Å². The maximum absolute atomic E-state index is 13.1. The van der Waals surface area contributed by atoms with Crippen molar-refractivity contribution in [3.8, 4) is 11.1 Å². The number of rotatable bonds is 11. The highest BCUT2D eigenvalue weighted by molar-refractivity contribution is 5.86. The molecule has 0 bridgehead atoms. The van der Waals surface area contributed by atoms with Crippen molar-refractivity contribution in [2.75, 3.05) is 26.9 Å². The van der Waals surface area contributed by atoms with Gasteiger partial charge in [-0.2, -0.15) is 0 Å². The highest BCUT2D eigenvalue weighted by Crippen LogP contribution is 2.44. The fraction of sp³-hybridized carbons (Fsp3) is 0.423. The second-order valence-electron chi connectivity index (χ2n) is 8.60. The molecule has 0 heterocycles. The number of fused-ring (bicyclic) bond motifs is 3. The molecule has 1 aliphatic rings. The van der Waals surface area contributed by atoms with E-state index in [-0.39, 0.29) is 44.0 Å². The Hall–Kier alpha value is -3.39. The number of alkyl carbamates (subject to hydrolysis) is 1. The van der Waals surface area contributed by atoms with Crippen LogP contribution in [0.4, 0.5) is 4.79 Å². The number of nitrogens with zero attached hydrogens (tertiary/aromatic N) is 1. The van der Waals surface area contributed by atoms with Gasteiger partial charge in [0, 0.05) is 32.0 Å². The number of carboxylic acids is 1. The van der Waals surface area contributed by atoms with Crippen LogP contribution in [0.3, 0.4) is 0 Å². The first-order valence-corrected chi connectivity index (χ1v) is 11.5. The third-order valence-electron chi connectivity index (χ3n) is 5.96. The Balaban J connectivity index is 1.65. The Labute approximate surface area is 199 Å². The van der Waals surface area contributed by atoms with Gasteiger partial charge in [0.05, 0.1) is 6.61 Å². The minimum atomic E-state index is -0.937. The molecule has 34 heavy (non-hydrogen) atoms. The average Bonchev–Trinajstić information content (AvgIpc) is 3.13. The van der Waals surface area contributed by atoms with Crippen LogP contribution in [0.25, 0.3) is 11.1 Å². The monoisotopic (exact) mass is 468 g/mol. The Kier molecular flexibility index (Phi) is 8.65. The smallest absolute Gasteiger partial charge is 0.407 e. The van der Waals surface area contributed by atoms with Crippen molar-refractivity contribution in [1.29, 1.82) is 0 Å². The van der Waals surface area contributed by atoms with Gasteiger partial charge < -0.3 is 24.8 Å². The van der Waals surface area contributed by atoms with Crippen molar-refractivity contribution in [3.05, 3.63) is 59.7 Å². The van der Waals surface area contributed by atoms with Gasteiger partial charge >= 0.3 is 12.1 Å². The van der Waals surface area contributed by atoms with E-state index in [1.807, 2.05) is 50.2 Å². The minimum absolute atomic E-state index is 0.0226. The lowest BCUT2D eigenvalue weighted by Gasteiger charge is -2.30. The van der Waals surface area contributed by atoms with Crippen molar-refractivity contribution in [2.45, 2.75) is 44.7 Å². The van der Waals surface area contributed by atoms with Crippen LogP contribution < -0.4 is 5.32 Å². The van der Waals surface area contributed by atoms with Crippen LogP contribution >= 0.6 is 0 Å². The Bertz CT molecular complexity index is 976. The summed E-state index contributed by atoms with van der Waals surface area (Å²) in [6, 6.07) is 15.0. The molecule has 2 amide bonds. The standard InChI is InChI=1S/C26H32N2O6/c1-17(2)28(14-8-13-24(29)30)25(31)23(16-33-3)27-26(32)34-15-22-20-11-6-4-9-18(20)19-10-5-7-12-21(19)22/h4-7,9-12,17,22-23H,8,13-16H2,1-3H3,(H,27,32)(H,29,30)/t23-/m0/s1. The van der Waals surface area contributed by atoms with Crippen molar-refractivity contribution >= 4 is 18.0 Å². The fourth-order valence-electron chi connectivity index (χ4n) is 4.35. The quantitative estimate of drug-likeness (QED) is 0.522. The zero-order valence-electron chi connectivity index (χ0n) is 19.8. The van der Waals surface area contributed by atoms with Crippen LogP contribution in [-0.2, 0) is 19.1 Å². The molecular formula is C26H32N2O6. The number of nitrogens with one attached hydrogen (secondary N) is 1. The first-order chi connectivity index (χ1) is 16.3. The van der Waals surface area contributed by atoms with Crippen molar-refractivity contribution < 1.29 is 29.0 Å². The van der Waals surface area contributed by atoms with Gasteiger partial charge in [-0.3, -0.25) is 9.59 Å². The molecule has 2 N–H and O–H groups in total. The van der Waals surface area contributed by atoms with Gasteiger partial charge in [0.1, 0.15) is 12.6 Å². The summed E-state index contributed by atoms with van der Waals surface area (Å²) in [5.41, 5.74) is 4.47. The number of carboxylic acid groups (broad SMARTS) is 1. The molecule has 2 aromatic rings. The summed E-state index contributed by atoms with van der Waals surface area (Å²) >= 11 is 0. The topological polar surface area (TPSA) is 105 Å². The van der Waals surface area contributed by atoms with Gasteiger partial charge in [-0.15, -0.1) is 0 Å². The summed E-state index contributed by atoms with van der Waals surface area (Å²) in [5.74, 6) is -1.34. The zero-order valence-corrected chi connectivity index (χ0v) is 19.8. The molecule has 8 heteroatoms. The van der Waals surface area contributed by atoms with E-state index in [0.717, 1.165) is 22.3 Å². The first-order valence-electron chi connectivity index (χ1n) is 11.5. The molecule has 0 fully saturated rings. The van der Waals surface area contributed by atoms with Crippen LogP contribution in [-0.4, -0.2) is 66.9 Å². The Morgan fingerprint density at radius 1 is 1.03 bits per heavy atom. The molecule has 0 saturated heterocycles. The highest BCUT2D eigenvalue weighted by atomic mass is 16.5. The van der Waals surface area contributed by atoms with Crippen LogP contribution in [0, 0.1) is 0 Å². The van der Waals surface area contributed by atoms with E-state index >= 15 is 0 Å². The number of amides is 2. The summed E-state index contributed by atoms with van der Waals surface area (Å²) in [7, 11) is 1.45. The molecule has 1 atom stereocenters. The molecule has 3 rings (SSSR count). The average molecular weight is 469 g/mol. The zero-order chi connectivity index (χ0) is 24.7. The van der Waals surface area contributed by atoms with Crippen LogP contribution in [0.1, 0.15) is 43.7 Å². The normalized spacial score (nSPS) is 13.2. The molecule has 0 aromatic heterocycles. The second kappa shape index (κ2) is 11.7. The summed E-state index contributed by atoms with van der Waals surface area (Å²) in [6.45, 7) is 4.08. The number of ether oxygens (including phenoxy) is 2. The third kappa shape index (κ3) is 5.94. The Morgan fingerprint density at radius 2 is 1.62 bits per heavy atom. The van der Waals surface area contributed by atoms with E-state index in [2.05, 4.69) is 17.4 Å². The maximum Gasteiger partial charge on any atom is 0.407 e. The summed E-state index contributed by atoms with van der Waals surface area (Å²) < 4.78 is 10.7. The van der Waals surface area contributed by atoms with E-state index in [1.165, 1.54) is 7.11 Å². The predicted molar refractivity (Wildman–Crippen MR) is 128 cm³/mol. The molecular weight excluding hydrogens is 436 g/mol. The van der Waals surface area contributed by atoms with E-state index < -0.39 is 18.1 Å². The number of carbonyl (C=O) groups is 3. The summed E-state index contributed by atoms with van der Waals surface area (Å²) in [4.78, 5) is 38.2. The highest BCUT2D eigenvalue weighted by Gasteiger charge is 2.31. The Morgan fingerprint density at radius 3 is 2.15 bits per heavy atom. The molecule has 0 aliphatic heterocycles. The van der Waals surface area contributed by atoms with Gasteiger partial charge in [0.2, 0.25) is 5.91 Å². The lowest BCUT2D eigenvalue weighted by molar-refractivity contribution is -0.139. The number of hydrogen-bond donors (Lipinski definition) is 2. The van der Waals surface area contributed by atoms with Gasteiger partial charge in [-0.05, 0) is 42.5 Å². The molecule has 0 unspecified atom stereocenters. The number of carbonyl (C=O) groups excluding carboxylic acids is 2. The molecule has 0 saturated carbocycles. The van der Waals surface area contributed by atoms with Gasteiger partial charge in [0.15, 0.2) is 0 Å².